The van der Waals surface area contributed by atoms with E-state index in [-0.39, 0.29) is 18.6 Å². The van der Waals surface area contributed by atoms with E-state index in [9.17, 15) is 9.59 Å². The van der Waals surface area contributed by atoms with Gasteiger partial charge in [0.25, 0.3) is 0 Å². The maximum absolute atomic E-state index is 11.0. The summed E-state index contributed by atoms with van der Waals surface area (Å²) in [5.41, 5.74) is 5.24. The summed E-state index contributed by atoms with van der Waals surface area (Å²) in [6, 6.07) is 0. The van der Waals surface area contributed by atoms with Gasteiger partial charge in [0.05, 0.1) is 25.7 Å². The minimum Gasteiger partial charge on any atom is -0.469 e. The summed E-state index contributed by atoms with van der Waals surface area (Å²) in [5, 5.41) is 0. The van der Waals surface area contributed by atoms with E-state index >= 15 is 0 Å². The number of hydrogen-bond acceptors (Lipinski definition) is 5. The minimum atomic E-state index is -0.588. The van der Waals surface area contributed by atoms with Crippen LogP contribution in [0.1, 0.15) is 13.3 Å². The number of hydrogen-bond donors (Lipinski definition) is 1. The fourth-order valence-electron chi connectivity index (χ4n) is 0.651. The van der Waals surface area contributed by atoms with Crippen molar-refractivity contribution in [1.29, 1.82) is 0 Å². The highest BCUT2D eigenvalue weighted by Gasteiger charge is 2.14. The molecule has 2 N–H and O–H groups in total. The molecule has 0 aliphatic rings. The average molecular weight is 187 g/mol. The van der Waals surface area contributed by atoms with Crippen molar-refractivity contribution in [3.63, 3.8) is 0 Å². The van der Waals surface area contributed by atoms with Crippen LogP contribution in [0.4, 0.5) is 0 Å². The Morgan fingerprint density at radius 2 is 2.08 bits per heavy atom. The van der Waals surface area contributed by atoms with E-state index in [1.807, 2.05) is 0 Å². The first-order chi connectivity index (χ1) is 6.15. The summed E-state index contributed by atoms with van der Waals surface area (Å²) >= 11 is 0. The Morgan fingerprint density at radius 3 is 2.46 bits per heavy atom. The zero-order chi connectivity index (χ0) is 10.3. The molecule has 0 radical (unpaired) electrons. The minimum absolute atomic E-state index is 0.105. The Bertz CT molecular complexity index is 222. The summed E-state index contributed by atoms with van der Waals surface area (Å²) < 4.78 is 9.01. The van der Waals surface area contributed by atoms with Crippen LogP contribution in [-0.2, 0) is 19.1 Å². The van der Waals surface area contributed by atoms with E-state index in [2.05, 4.69) is 9.47 Å². The number of methoxy groups -OCH3 is 1. The second-order valence-corrected chi connectivity index (χ2v) is 2.17. The van der Waals surface area contributed by atoms with Gasteiger partial charge in [0, 0.05) is 6.20 Å². The van der Waals surface area contributed by atoms with Gasteiger partial charge in [-0.05, 0) is 6.92 Å². The third kappa shape index (κ3) is 4.15. The zero-order valence-electron chi connectivity index (χ0n) is 7.70. The molecule has 0 fully saturated rings. The zero-order valence-corrected chi connectivity index (χ0v) is 7.70. The number of rotatable bonds is 4. The molecule has 0 unspecified atom stereocenters. The summed E-state index contributed by atoms with van der Waals surface area (Å²) in [5.74, 6) is -1.11. The van der Waals surface area contributed by atoms with E-state index in [0.29, 0.717) is 0 Å². The Hall–Kier alpha value is -1.52. The van der Waals surface area contributed by atoms with Gasteiger partial charge in [0.15, 0.2) is 0 Å². The summed E-state index contributed by atoms with van der Waals surface area (Å²) in [6.07, 6.45) is 0.890. The van der Waals surface area contributed by atoms with Crippen molar-refractivity contribution in [2.24, 2.45) is 5.73 Å². The molecule has 0 aromatic heterocycles. The van der Waals surface area contributed by atoms with Crippen molar-refractivity contribution in [1.82, 2.24) is 0 Å². The molecule has 0 aromatic carbocycles. The maximum Gasteiger partial charge on any atom is 0.336 e. The van der Waals surface area contributed by atoms with E-state index in [4.69, 9.17) is 5.73 Å². The van der Waals surface area contributed by atoms with Gasteiger partial charge in [-0.15, -0.1) is 0 Å². The first-order valence-corrected chi connectivity index (χ1v) is 3.80. The van der Waals surface area contributed by atoms with Crippen LogP contribution in [0.25, 0.3) is 0 Å². The summed E-state index contributed by atoms with van der Waals surface area (Å²) in [7, 11) is 1.24. The van der Waals surface area contributed by atoms with E-state index < -0.39 is 11.9 Å². The lowest BCUT2D eigenvalue weighted by atomic mass is 10.2. The molecular weight excluding hydrogens is 174 g/mol. The predicted octanol–water partition coefficient (Wildman–Crippen LogP) is -0.0448. The molecule has 0 aliphatic heterocycles. The van der Waals surface area contributed by atoms with E-state index in [1.165, 1.54) is 7.11 Å². The number of carbonyl (C=O) groups is 2. The van der Waals surface area contributed by atoms with Crippen molar-refractivity contribution < 1.29 is 19.1 Å². The lowest BCUT2D eigenvalue weighted by Crippen LogP contribution is -2.13. The molecule has 0 aromatic rings. The Morgan fingerprint density at radius 1 is 1.46 bits per heavy atom. The van der Waals surface area contributed by atoms with Gasteiger partial charge < -0.3 is 15.2 Å². The van der Waals surface area contributed by atoms with Crippen molar-refractivity contribution >= 4 is 11.9 Å². The van der Waals surface area contributed by atoms with E-state index in [1.54, 1.807) is 6.92 Å². The molecule has 5 nitrogen and oxygen atoms in total. The molecule has 0 bridgehead atoms. The van der Waals surface area contributed by atoms with Gasteiger partial charge in [-0.2, -0.15) is 0 Å². The summed E-state index contributed by atoms with van der Waals surface area (Å²) in [4.78, 5) is 21.8. The van der Waals surface area contributed by atoms with E-state index in [0.717, 1.165) is 6.20 Å². The largest absolute Gasteiger partial charge is 0.469 e. The Labute approximate surface area is 76.5 Å². The molecule has 0 saturated carbocycles. The van der Waals surface area contributed by atoms with Crippen LogP contribution in [0.15, 0.2) is 11.8 Å². The molecular formula is C8H13NO4. The summed E-state index contributed by atoms with van der Waals surface area (Å²) in [6.45, 7) is 1.92. The first-order valence-electron chi connectivity index (χ1n) is 3.80. The third-order valence-electron chi connectivity index (χ3n) is 1.30. The number of carbonyl (C=O) groups excluding carboxylic acids is 2. The van der Waals surface area contributed by atoms with Gasteiger partial charge in [0.2, 0.25) is 0 Å². The van der Waals surface area contributed by atoms with Crippen LogP contribution in [0.5, 0.6) is 0 Å². The Balaban J connectivity index is 4.20. The second-order valence-electron chi connectivity index (χ2n) is 2.17. The topological polar surface area (TPSA) is 78.6 Å². The lowest BCUT2D eigenvalue weighted by Gasteiger charge is -2.04. The van der Waals surface area contributed by atoms with Crippen molar-refractivity contribution in [2.45, 2.75) is 13.3 Å². The lowest BCUT2D eigenvalue weighted by molar-refractivity contribution is -0.144. The first kappa shape index (κ1) is 11.5. The SMILES string of the molecule is CCOC(=O)/C(=C\N)CC(=O)OC. The monoisotopic (exact) mass is 187 g/mol. The molecule has 13 heavy (non-hydrogen) atoms. The number of nitrogens with two attached hydrogens (primary N) is 1. The molecule has 0 rings (SSSR count). The number of ether oxygens (including phenoxy) is 2. The highest BCUT2D eigenvalue weighted by atomic mass is 16.5. The van der Waals surface area contributed by atoms with Crippen LogP contribution in [0.2, 0.25) is 0 Å². The molecule has 0 spiro atoms. The van der Waals surface area contributed by atoms with Crippen LogP contribution < -0.4 is 5.73 Å². The number of esters is 2. The fourth-order valence-corrected chi connectivity index (χ4v) is 0.651. The Kier molecular flexibility index (Phi) is 5.34. The van der Waals surface area contributed by atoms with Crippen molar-refractivity contribution in [2.75, 3.05) is 13.7 Å². The standard InChI is InChI=1S/C8H13NO4/c1-3-13-8(11)6(5-9)4-7(10)12-2/h5H,3-4,9H2,1-2H3/b6-5-. The molecule has 0 heterocycles. The van der Waals surface area contributed by atoms with Gasteiger partial charge >= 0.3 is 11.9 Å². The highest BCUT2D eigenvalue weighted by molar-refractivity contribution is 5.93. The molecule has 0 aliphatic carbocycles. The quantitative estimate of drug-likeness (QED) is 0.493. The normalized spacial score (nSPS) is 10.8. The average Bonchev–Trinajstić information content (AvgIpc) is 2.14. The highest BCUT2D eigenvalue weighted by Crippen LogP contribution is 2.03. The van der Waals surface area contributed by atoms with Gasteiger partial charge in [-0.25, -0.2) is 4.79 Å². The maximum atomic E-state index is 11.0. The predicted molar refractivity (Wildman–Crippen MR) is 45.5 cm³/mol. The van der Waals surface area contributed by atoms with Crippen LogP contribution in [-0.4, -0.2) is 25.7 Å². The second kappa shape index (κ2) is 6.05. The van der Waals surface area contributed by atoms with Crippen molar-refractivity contribution in [3.8, 4) is 0 Å². The molecule has 74 valence electrons. The third-order valence-corrected chi connectivity index (χ3v) is 1.30. The smallest absolute Gasteiger partial charge is 0.336 e. The van der Waals surface area contributed by atoms with Gasteiger partial charge in [-0.1, -0.05) is 0 Å². The molecule has 5 heteroatoms. The molecule has 0 atom stereocenters. The van der Waals surface area contributed by atoms with Crippen molar-refractivity contribution in [3.05, 3.63) is 11.8 Å². The van der Waals surface area contributed by atoms with Crippen LogP contribution in [0, 0.1) is 0 Å². The van der Waals surface area contributed by atoms with Gasteiger partial charge in [-0.3, -0.25) is 4.79 Å². The molecule has 0 amide bonds. The van der Waals surface area contributed by atoms with Crippen LogP contribution >= 0.6 is 0 Å². The molecule has 0 saturated heterocycles. The van der Waals surface area contributed by atoms with Gasteiger partial charge in [0.1, 0.15) is 0 Å². The van der Waals surface area contributed by atoms with Crippen LogP contribution in [0.3, 0.4) is 0 Å². The fraction of sp³-hybridized carbons (Fsp3) is 0.500.